The van der Waals surface area contributed by atoms with Gasteiger partial charge in [0.05, 0.1) is 11.9 Å². The van der Waals surface area contributed by atoms with Crippen LogP contribution in [0.4, 0.5) is 5.69 Å². The highest BCUT2D eigenvalue weighted by Crippen LogP contribution is 2.26. The van der Waals surface area contributed by atoms with Gasteiger partial charge in [-0.1, -0.05) is 66.7 Å². The fraction of sp³-hybridized carbons (Fsp3) is 0.375. The molecule has 0 radical (unpaired) electrons. The first-order valence-corrected chi connectivity index (χ1v) is 15.6. The predicted octanol–water partition coefficient (Wildman–Crippen LogP) is 4.93. The number of anilines is 1. The number of aryl methyl sites for hydroxylation is 2. The summed E-state index contributed by atoms with van der Waals surface area (Å²) in [6.07, 6.45) is 1.98. The molecule has 3 rings (SSSR count). The summed E-state index contributed by atoms with van der Waals surface area (Å²) in [5.74, 6) is -0.397. The van der Waals surface area contributed by atoms with Gasteiger partial charge in [-0.25, -0.2) is 8.42 Å². The van der Waals surface area contributed by atoms with Crippen molar-refractivity contribution in [3.05, 3.63) is 101 Å². The van der Waals surface area contributed by atoms with Crippen molar-refractivity contribution in [2.45, 2.75) is 59.5 Å². The zero-order valence-electron chi connectivity index (χ0n) is 24.2. The lowest BCUT2D eigenvalue weighted by Crippen LogP contribution is -2.50. The van der Waals surface area contributed by atoms with Gasteiger partial charge in [-0.05, 0) is 68.0 Å². The van der Waals surface area contributed by atoms with E-state index in [4.69, 9.17) is 0 Å². The minimum Gasteiger partial charge on any atom is -0.355 e. The van der Waals surface area contributed by atoms with E-state index in [2.05, 4.69) is 5.32 Å². The standard InChI is InChI=1S/C32H41N3O4S/c1-6-33-32(37)30(22-27-16-8-7-9-17-27)34(23-28-18-11-10-14-25(28)3)31(36)20-13-21-35(40(5,38)39)29-19-12-15-24(2)26(29)4/h7-12,14-19,30H,6,13,20-23H2,1-5H3,(H,33,37)/t30-/m0/s1. The van der Waals surface area contributed by atoms with Crippen molar-refractivity contribution in [1.82, 2.24) is 10.2 Å². The molecule has 214 valence electrons. The molecule has 3 aromatic rings. The quantitative estimate of drug-likeness (QED) is 0.319. The van der Waals surface area contributed by atoms with Gasteiger partial charge in [-0.3, -0.25) is 13.9 Å². The van der Waals surface area contributed by atoms with Crippen molar-refractivity contribution < 1.29 is 18.0 Å². The van der Waals surface area contributed by atoms with Crippen LogP contribution in [0.3, 0.4) is 0 Å². The Morgan fingerprint density at radius 2 is 1.52 bits per heavy atom. The molecular formula is C32H41N3O4S. The molecule has 0 aliphatic carbocycles. The van der Waals surface area contributed by atoms with Gasteiger partial charge < -0.3 is 10.2 Å². The highest BCUT2D eigenvalue weighted by Gasteiger charge is 2.30. The molecule has 0 aliphatic heterocycles. The molecule has 0 bridgehead atoms. The van der Waals surface area contributed by atoms with E-state index in [0.717, 1.165) is 27.8 Å². The lowest BCUT2D eigenvalue weighted by molar-refractivity contribution is -0.141. The Hall–Kier alpha value is -3.65. The number of nitrogens with zero attached hydrogens (tertiary/aromatic N) is 2. The summed E-state index contributed by atoms with van der Waals surface area (Å²) in [5.41, 5.74) is 5.46. The summed E-state index contributed by atoms with van der Waals surface area (Å²) in [6.45, 7) is 8.60. The van der Waals surface area contributed by atoms with Crippen LogP contribution in [0, 0.1) is 20.8 Å². The van der Waals surface area contributed by atoms with Gasteiger partial charge in [0, 0.05) is 32.5 Å². The van der Waals surface area contributed by atoms with E-state index in [-0.39, 0.29) is 31.3 Å². The molecule has 1 N–H and O–H groups in total. The van der Waals surface area contributed by atoms with Gasteiger partial charge >= 0.3 is 0 Å². The van der Waals surface area contributed by atoms with E-state index < -0.39 is 16.1 Å². The van der Waals surface area contributed by atoms with Crippen molar-refractivity contribution in [2.24, 2.45) is 0 Å². The van der Waals surface area contributed by atoms with Gasteiger partial charge in [-0.2, -0.15) is 0 Å². The minimum absolute atomic E-state index is 0.105. The topological polar surface area (TPSA) is 86.8 Å². The number of likely N-dealkylation sites (N-methyl/N-ethyl adjacent to an activating group) is 1. The van der Waals surface area contributed by atoms with Gasteiger partial charge in [0.1, 0.15) is 6.04 Å². The Morgan fingerprint density at radius 1 is 0.875 bits per heavy atom. The zero-order chi connectivity index (χ0) is 29.3. The largest absolute Gasteiger partial charge is 0.355 e. The molecule has 0 heterocycles. The van der Waals surface area contributed by atoms with Crippen molar-refractivity contribution in [2.75, 3.05) is 23.7 Å². The number of amides is 2. The summed E-state index contributed by atoms with van der Waals surface area (Å²) < 4.78 is 26.8. The van der Waals surface area contributed by atoms with E-state index in [0.29, 0.717) is 25.1 Å². The lowest BCUT2D eigenvalue weighted by atomic mass is 10.0. The number of hydrogen-bond donors (Lipinski definition) is 1. The summed E-state index contributed by atoms with van der Waals surface area (Å²) in [4.78, 5) is 28.9. The normalized spacial score (nSPS) is 12.0. The summed E-state index contributed by atoms with van der Waals surface area (Å²) in [6, 6.07) is 22.4. The minimum atomic E-state index is -3.56. The molecule has 2 amide bonds. The van der Waals surface area contributed by atoms with Gasteiger partial charge in [-0.15, -0.1) is 0 Å². The van der Waals surface area contributed by atoms with Crippen LogP contribution in [0.2, 0.25) is 0 Å². The van der Waals surface area contributed by atoms with Crippen molar-refractivity contribution in [1.29, 1.82) is 0 Å². The Kier molecular flexibility index (Phi) is 10.9. The molecule has 0 spiro atoms. The molecule has 3 aromatic carbocycles. The first-order valence-electron chi connectivity index (χ1n) is 13.7. The van der Waals surface area contributed by atoms with Crippen LogP contribution in [-0.2, 0) is 32.6 Å². The maximum atomic E-state index is 13.9. The van der Waals surface area contributed by atoms with E-state index in [9.17, 15) is 18.0 Å². The maximum Gasteiger partial charge on any atom is 0.243 e. The Labute approximate surface area is 239 Å². The number of carbonyl (C=O) groups is 2. The Bertz CT molecular complexity index is 1410. The average molecular weight is 564 g/mol. The summed E-state index contributed by atoms with van der Waals surface area (Å²) >= 11 is 0. The van der Waals surface area contributed by atoms with E-state index in [1.807, 2.05) is 94.4 Å². The highest BCUT2D eigenvalue weighted by atomic mass is 32.2. The van der Waals surface area contributed by atoms with Crippen LogP contribution in [0.1, 0.15) is 47.6 Å². The number of nitrogens with one attached hydrogen (secondary N) is 1. The smallest absolute Gasteiger partial charge is 0.243 e. The fourth-order valence-electron chi connectivity index (χ4n) is 4.81. The van der Waals surface area contributed by atoms with E-state index >= 15 is 0 Å². The van der Waals surface area contributed by atoms with Crippen LogP contribution in [0.25, 0.3) is 0 Å². The third-order valence-electron chi connectivity index (χ3n) is 7.22. The maximum absolute atomic E-state index is 13.9. The second-order valence-electron chi connectivity index (χ2n) is 10.2. The van der Waals surface area contributed by atoms with Crippen LogP contribution in [0.15, 0.2) is 72.8 Å². The molecule has 0 aliphatic rings. The second-order valence-corrected chi connectivity index (χ2v) is 12.1. The number of hydrogen-bond acceptors (Lipinski definition) is 4. The fourth-order valence-corrected chi connectivity index (χ4v) is 5.82. The molecule has 0 saturated heterocycles. The average Bonchev–Trinajstić information content (AvgIpc) is 2.91. The third-order valence-corrected chi connectivity index (χ3v) is 8.40. The van der Waals surface area contributed by atoms with Crippen molar-refractivity contribution in [3.63, 3.8) is 0 Å². The number of rotatable bonds is 13. The van der Waals surface area contributed by atoms with E-state index in [1.165, 1.54) is 10.6 Å². The van der Waals surface area contributed by atoms with Crippen LogP contribution >= 0.6 is 0 Å². The van der Waals surface area contributed by atoms with Gasteiger partial charge in [0.15, 0.2) is 0 Å². The summed E-state index contributed by atoms with van der Waals surface area (Å²) in [7, 11) is -3.56. The summed E-state index contributed by atoms with van der Waals surface area (Å²) in [5, 5.41) is 2.91. The van der Waals surface area contributed by atoms with Crippen molar-refractivity contribution >= 4 is 27.5 Å². The Morgan fingerprint density at radius 3 is 2.17 bits per heavy atom. The first-order chi connectivity index (χ1) is 19.0. The predicted molar refractivity (Wildman–Crippen MR) is 162 cm³/mol. The number of carbonyl (C=O) groups excluding carboxylic acids is 2. The zero-order valence-corrected chi connectivity index (χ0v) is 25.0. The molecule has 40 heavy (non-hydrogen) atoms. The van der Waals surface area contributed by atoms with Gasteiger partial charge in [0.2, 0.25) is 21.8 Å². The molecule has 0 aromatic heterocycles. The number of sulfonamides is 1. The lowest BCUT2D eigenvalue weighted by Gasteiger charge is -2.32. The third kappa shape index (κ3) is 8.18. The molecule has 0 fully saturated rings. The first kappa shape index (κ1) is 30.9. The molecule has 7 nitrogen and oxygen atoms in total. The number of benzene rings is 3. The monoisotopic (exact) mass is 563 g/mol. The molecular weight excluding hydrogens is 522 g/mol. The molecule has 8 heteroatoms. The Balaban J connectivity index is 1.89. The highest BCUT2D eigenvalue weighted by molar-refractivity contribution is 7.92. The molecule has 0 unspecified atom stereocenters. The molecule has 1 atom stereocenters. The SMILES string of the molecule is CCNC(=O)[C@H](Cc1ccccc1)N(Cc1ccccc1C)C(=O)CCCN(c1cccc(C)c1C)S(C)(=O)=O. The van der Waals surface area contributed by atoms with Crippen LogP contribution in [-0.4, -0.2) is 50.5 Å². The second kappa shape index (κ2) is 14.1. The van der Waals surface area contributed by atoms with E-state index in [1.54, 1.807) is 11.0 Å². The van der Waals surface area contributed by atoms with Crippen molar-refractivity contribution in [3.8, 4) is 0 Å². The van der Waals surface area contributed by atoms with Gasteiger partial charge in [0.25, 0.3) is 0 Å². The molecule has 0 saturated carbocycles. The van der Waals surface area contributed by atoms with Crippen LogP contribution < -0.4 is 9.62 Å². The van der Waals surface area contributed by atoms with Crippen LogP contribution in [0.5, 0.6) is 0 Å².